The largest absolute Gasteiger partial charge is 0.455 e. The number of carbonyl (C=O) groups is 4. The van der Waals surface area contributed by atoms with E-state index in [2.05, 4.69) is 21.3 Å². The maximum Gasteiger partial charge on any atom is 0.411 e. The molecule has 0 atom stereocenters. The third-order valence-electron chi connectivity index (χ3n) is 7.37. The van der Waals surface area contributed by atoms with Gasteiger partial charge in [0.05, 0.1) is 37.7 Å². The summed E-state index contributed by atoms with van der Waals surface area (Å²) in [5.74, 6) is -0.445. The molecule has 13 heteroatoms. The summed E-state index contributed by atoms with van der Waals surface area (Å²) < 4.78 is 27.8. The molecule has 4 aromatic rings. The molecule has 0 spiro atoms. The number of anilines is 2. The Hall–Kier alpha value is -5.40. The zero-order chi connectivity index (χ0) is 35.1. The Balaban J connectivity index is 1.71. The van der Waals surface area contributed by atoms with E-state index < -0.39 is 23.6 Å². The van der Waals surface area contributed by atoms with Gasteiger partial charge in [-0.2, -0.15) is 0 Å². The van der Waals surface area contributed by atoms with Crippen LogP contribution in [-0.2, 0) is 18.9 Å². The third kappa shape index (κ3) is 8.95. The molecule has 0 saturated carbocycles. The molecule has 1 aliphatic heterocycles. The van der Waals surface area contributed by atoms with Crippen LogP contribution in [0.3, 0.4) is 0 Å². The number of rotatable bonds is 3. The van der Waals surface area contributed by atoms with E-state index in [0.29, 0.717) is 33.4 Å². The minimum Gasteiger partial charge on any atom is -0.455 e. The first-order valence-corrected chi connectivity index (χ1v) is 15.8. The molecule has 4 amide bonds. The second-order valence-corrected chi connectivity index (χ2v) is 12.4. The highest BCUT2D eigenvalue weighted by molar-refractivity contribution is 6.13. The summed E-state index contributed by atoms with van der Waals surface area (Å²) in [6, 6.07) is 15.6. The minimum absolute atomic E-state index is 0.0166. The normalized spacial score (nSPS) is 14.9. The molecule has 258 valence electrons. The van der Waals surface area contributed by atoms with Crippen molar-refractivity contribution in [2.24, 2.45) is 0 Å². The smallest absolute Gasteiger partial charge is 0.411 e. The van der Waals surface area contributed by atoms with Crippen LogP contribution in [0.5, 0.6) is 0 Å². The van der Waals surface area contributed by atoms with E-state index in [1.165, 1.54) is 13.1 Å². The lowest BCUT2D eigenvalue weighted by molar-refractivity contribution is 0.0179. The van der Waals surface area contributed by atoms with Crippen molar-refractivity contribution < 1.29 is 42.5 Å². The van der Waals surface area contributed by atoms with Crippen molar-refractivity contribution in [3.8, 4) is 22.5 Å². The summed E-state index contributed by atoms with van der Waals surface area (Å²) in [6.07, 6.45) is -1.52. The van der Waals surface area contributed by atoms with Crippen molar-refractivity contribution in [1.82, 2.24) is 10.6 Å². The standard InChI is InChI=1S/C36H40N4O9/c1-21-6-8-22(9-7-21)31-30(33(42)37-5)27-19-26-23-16-24(32(41)40-36(2,3)4)18-25(17-23)38-34(43)47-14-12-45-10-11-46-13-15-48-35(44)39-28(26)20-29(27)49-31/h6-9,16-20H,10-15H2,1-5H3,(H,37,42)(H,38,43)(H,39,44)(H,40,41). The van der Waals surface area contributed by atoms with Gasteiger partial charge in [-0.05, 0) is 57.5 Å². The molecule has 2 bridgehead atoms. The summed E-state index contributed by atoms with van der Waals surface area (Å²) in [5, 5.41) is 11.5. The Morgan fingerprint density at radius 1 is 0.755 bits per heavy atom. The number of fused-ring (bicyclic) bond motifs is 5. The van der Waals surface area contributed by atoms with Crippen molar-refractivity contribution >= 4 is 46.3 Å². The maximum absolute atomic E-state index is 13.5. The Bertz CT molecular complexity index is 1860. The molecule has 49 heavy (non-hydrogen) atoms. The van der Waals surface area contributed by atoms with E-state index in [-0.39, 0.29) is 68.1 Å². The van der Waals surface area contributed by atoms with E-state index in [1.54, 1.807) is 24.3 Å². The van der Waals surface area contributed by atoms with Crippen LogP contribution in [0.4, 0.5) is 21.0 Å². The molecule has 13 nitrogen and oxygen atoms in total. The van der Waals surface area contributed by atoms with Crippen LogP contribution in [0.15, 0.2) is 59.0 Å². The van der Waals surface area contributed by atoms with Crippen molar-refractivity contribution in [3.63, 3.8) is 0 Å². The Morgan fingerprint density at radius 3 is 2.02 bits per heavy atom. The summed E-state index contributed by atoms with van der Waals surface area (Å²) in [6.45, 7) is 8.23. The van der Waals surface area contributed by atoms with Crippen molar-refractivity contribution in [2.75, 3.05) is 57.3 Å². The van der Waals surface area contributed by atoms with Gasteiger partial charge < -0.3 is 34.0 Å². The van der Waals surface area contributed by atoms with Crippen LogP contribution in [0, 0.1) is 6.92 Å². The van der Waals surface area contributed by atoms with Gasteiger partial charge in [-0.1, -0.05) is 29.8 Å². The molecule has 0 unspecified atom stereocenters. The Kier molecular flexibility index (Phi) is 10.8. The first-order valence-electron chi connectivity index (χ1n) is 15.8. The molecule has 5 rings (SSSR count). The molecule has 2 heterocycles. The first-order chi connectivity index (χ1) is 23.4. The van der Waals surface area contributed by atoms with Gasteiger partial charge >= 0.3 is 12.2 Å². The van der Waals surface area contributed by atoms with Crippen LogP contribution in [-0.4, -0.2) is 76.2 Å². The van der Waals surface area contributed by atoms with Gasteiger partial charge in [0.25, 0.3) is 11.8 Å². The zero-order valence-electron chi connectivity index (χ0n) is 28.1. The van der Waals surface area contributed by atoms with Crippen LogP contribution >= 0.6 is 0 Å². The lowest BCUT2D eigenvalue weighted by atomic mass is 9.96. The summed E-state index contributed by atoms with van der Waals surface area (Å²) in [7, 11) is 1.53. The zero-order valence-corrected chi connectivity index (χ0v) is 28.1. The number of ether oxygens (including phenoxy) is 4. The van der Waals surface area contributed by atoms with Gasteiger partial charge in [0.1, 0.15) is 24.6 Å². The van der Waals surface area contributed by atoms with Gasteiger partial charge in [0.15, 0.2) is 0 Å². The number of hydrogen-bond donors (Lipinski definition) is 4. The number of cyclic esters (lactones) is 2. The van der Waals surface area contributed by atoms with Gasteiger partial charge in [-0.15, -0.1) is 0 Å². The van der Waals surface area contributed by atoms with Crippen molar-refractivity contribution in [3.05, 3.63) is 71.3 Å². The van der Waals surface area contributed by atoms with Crippen molar-refractivity contribution in [2.45, 2.75) is 33.2 Å². The molecular formula is C36H40N4O9. The summed E-state index contributed by atoms with van der Waals surface area (Å²) >= 11 is 0. The molecule has 3 aromatic carbocycles. The molecule has 1 aliphatic rings. The number of carbonyl (C=O) groups excluding carboxylic acids is 4. The van der Waals surface area contributed by atoms with Crippen LogP contribution in [0.25, 0.3) is 33.4 Å². The first kappa shape index (κ1) is 34.9. The monoisotopic (exact) mass is 672 g/mol. The average molecular weight is 673 g/mol. The van der Waals surface area contributed by atoms with E-state index in [4.69, 9.17) is 23.4 Å². The number of nitrogens with one attached hydrogen (secondary N) is 4. The SMILES string of the molecule is CNC(=O)c1c(-c2ccc(C)cc2)oc2cc3c(cc12)-c1cc(cc(C(=O)NC(C)(C)C)c1)NC(=O)OCCOCCOCCOC(=O)N3. The second-order valence-electron chi connectivity index (χ2n) is 12.4. The fraction of sp³-hybridized carbons (Fsp3) is 0.333. The molecular weight excluding hydrogens is 632 g/mol. The van der Waals surface area contributed by atoms with Crippen LogP contribution < -0.4 is 21.3 Å². The van der Waals surface area contributed by atoms with Gasteiger partial charge in [0, 0.05) is 46.4 Å². The molecule has 0 fully saturated rings. The molecule has 0 radical (unpaired) electrons. The van der Waals surface area contributed by atoms with Gasteiger partial charge in [-0.25, -0.2) is 9.59 Å². The number of hydrogen-bond acceptors (Lipinski definition) is 9. The van der Waals surface area contributed by atoms with Gasteiger partial charge in [-0.3, -0.25) is 20.2 Å². The fourth-order valence-corrected chi connectivity index (χ4v) is 5.15. The highest BCUT2D eigenvalue weighted by Crippen LogP contribution is 2.41. The fourth-order valence-electron chi connectivity index (χ4n) is 5.15. The predicted molar refractivity (Wildman–Crippen MR) is 184 cm³/mol. The Labute approximate surface area is 283 Å². The maximum atomic E-state index is 13.5. The van der Waals surface area contributed by atoms with Crippen LogP contribution in [0.1, 0.15) is 47.1 Å². The lowest BCUT2D eigenvalue weighted by Crippen LogP contribution is -2.40. The highest BCUT2D eigenvalue weighted by atomic mass is 16.6. The molecule has 1 aromatic heterocycles. The molecule has 0 aliphatic carbocycles. The van der Waals surface area contributed by atoms with Gasteiger partial charge in [0.2, 0.25) is 0 Å². The number of aryl methyl sites for hydroxylation is 1. The highest BCUT2D eigenvalue weighted by Gasteiger charge is 2.25. The van der Waals surface area contributed by atoms with E-state index in [9.17, 15) is 19.2 Å². The quantitative estimate of drug-likeness (QED) is 0.201. The van der Waals surface area contributed by atoms with Crippen LogP contribution in [0.2, 0.25) is 0 Å². The Morgan fingerprint density at radius 2 is 1.39 bits per heavy atom. The van der Waals surface area contributed by atoms with E-state index in [1.807, 2.05) is 52.0 Å². The second kappa shape index (κ2) is 15.2. The third-order valence-corrected chi connectivity index (χ3v) is 7.37. The van der Waals surface area contributed by atoms with E-state index in [0.717, 1.165) is 5.56 Å². The lowest BCUT2D eigenvalue weighted by Gasteiger charge is -2.21. The summed E-state index contributed by atoms with van der Waals surface area (Å²) in [5.41, 5.74) is 3.34. The minimum atomic E-state index is -0.765. The molecule has 4 N–H and O–H groups in total. The predicted octanol–water partition coefficient (Wildman–Crippen LogP) is 6.11. The number of furan rings is 1. The van der Waals surface area contributed by atoms with Crippen molar-refractivity contribution in [1.29, 1.82) is 0 Å². The summed E-state index contributed by atoms with van der Waals surface area (Å²) in [4.78, 5) is 52.6. The average Bonchev–Trinajstić information content (AvgIpc) is 3.42. The topological polar surface area (TPSA) is 166 Å². The van der Waals surface area contributed by atoms with E-state index >= 15 is 0 Å². The number of benzene rings is 3. The number of amides is 4. The molecule has 0 saturated heterocycles.